The Morgan fingerprint density at radius 3 is 2.73 bits per heavy atom. The lowest BCUT2D eigenvalue weighted by Gasteiger charge is -2.33. The molecule has 1 fully saturated rings. The molecule has 4 aromatic rings. The van der Waals surface area contributed by atoms with Crippen LogP contribution in [0.25, 0.3) is 33.1 Å². The van der Waals surface area contributed by atoms with E-state index >= 15 is 0 Å². The number of H-pyrrole nitrogens is 1. The van der Waals surface area contributed by atoms with Gasteiger partial charge < -0.3 is 14.8 Å². The highest BCUT2D eigenvalue weighted by Crippen LogP contribution is 2.32. The monoisotopic (exact) mass is 344 g/mol. The van der Waals surface area contributed by atoms with Gasteiger partial charge in [-0.2, -0.15) is 0 Å². The van der Waals surface area contributed by atoms with Gasteiger partial charge in [-0.25, -0.2) is 15.0 Å². The van der Waals surface area contributed by atoms with E-state index in [1.165, 1.54) is 0 Å². The quantitative estimate of drug-likeness (QED) is 0.606. The first-order chi connectivity index (χ1) is 12.8. The number of likely N-dealkylation sites (N-methyl/N-ethyl adjacent to an activating group) is 1. The summed E-state index contributed by atoms with van der Waals surface area (Å²) in [6, 6.07) is 10.5. The van der Waals surface area contributed by atoms with E-state index in [4.69, 9.17) is 0 Å². The van der Waals surface area contributed by atoms with Gasteiger partial charge in [0.05, 0.1) is 5.52 Å². The van der Waals surface area contributed by atoms with Crippen molar-refractivity contribution in [1.82, 2.24) is 24.8 Å². The van der Waals surface area contributed by atoms with Gasteiger partial charge in [-0.1, -0.05) is 6.07 Å². The smallest absolute Gasteiger partial charge is 0.139 e. The third-order valence-electron chi connectivity index (χ3n) is 5.18. The summed E-state index contributed by atoms with van der Waals surface area (Å²) in [6.07, 6.45) is 5.51. The number of nitrogens with zero attached hydrogens (tertiary/aromatic N) is 5. The Labute approximate surface area is 151 Å². The summed E-state index contributed by atoms with van der Waals surface area (Å²) in [5.41, 5.74) is 4.20. The maximum atomic E-state index is 4.62. The molecule has 3 aromatic heterocycles. The zero-order valence-electron chi connectivity index (χ0n) is 14.7. The zero-order chi connectivity index (χ0) is 17.5. The molecule has 1 N–H and O–H groups in total. The van der Waals surface area contributed by atoms with Crippen molar-refractivity contribution in [3.63, 3.8) is 0 Å². The highest BCUT2D eigenvalue weighted by molar-refractivity contribution is 5.98. The molecule has 0 saturated carbocycles. The molecule has 5 rings (SSSR count). The van der Waals surface area contributed by atoms with E-state index in [2.05, 4.69) is 61.0 Å². The second-order valence-corrected chi connectivity index (χ2v) is 6.82. The maximum absolute atomic E-state index is 4.62. The minimum Gasteiger partial charge on any atom is -0.353 e. The molecule has 1 aliphatic rings. The van der Waals surface area contributed by atoms with Gasteiger partial charge >= 0.3 is 0 Å². The van der Waals surface area contributed by atoms with Crippen molar-refractivity contribution in [2.75, 3.05) is 38.1 Å². The topological polar surface area (TPSA) is 60.9 Å². The van der Waals surface area contributed by atoms with Gasteiger partial charge in [0.1, 0.15) is 17.8 Å². The molecule has 0 spiro atoms. The second kappa shape index (κ2) is 6.07. The van der Waals surface area contributed by atoms with Gasteiger partial charge in [0, 0.05) is 54.9 Å². The number of hydrogen-bond acceptors (Lipinski definition) is 5. The number of fused-ring (bicyclic) bond motifs is 2. The first kappa shape index (κ1) is 15.3. The zero-order valence-corrected chi connectivity index (χ0v) is 14.7. The van der Waals surface area contributed by atoms with Gasteiger partial charge in [-0.05, 0) is 36.9 Å². The van der Waals surface area contributed by atoms with Crippen LogP contribution in [-0.4, -0.2) is 58.1 Å². The molecule has 1 aromatic carbocycles. The Hall–Kier alpha value is -2.99. The van der Waals surface area contributed by atoms with Crippen molar-refractivity contribution in [2.45, 2.75) is 0 Å². The van der Waals surface area contributed by atoms with Crippen LogP contribution in [0, 0.1) is 0 Å². The van der Waals surface area contributed by atoms with Gasteiger partial charge in [-0.3, -0.25) is 0 Å². The summed E-state index contributed by atoms with van der Waals surface area (Å²) in [5.74, 6) is 1.03. The Morgan fingerprint density at radius 2 is 1.85 bits per heavy atom. The van der Waals surface area contributed by atoms with Crippen molar-refractivity contribution in [1.29, 1.82) is 0 Å². The fourth-order valence-corrected chi connectivity index (χ4v) is 3.68. The molecule has 0 bridgehead atoms. The minimum absolute atomic E-state index is 0.909. The van der Waals surface area contributed by atoms with Crippen molar-refractivity contribution in [3.05, 3.63) is 49.1 Å². The van der Waals surface area contributed by atoms with Crippen LogP contribution in [0.15, 0.2) is 49.1 Å². The standard InChI is InChI=1S/C20H20N6/c1-25-7-9-26(10-8-25)20-16-11-14(4-5-18(16)23-13-24-20)17-12-22-19-15(17)3-2-6-21-19/h2-6,11-13H,7-10H2,1H3,(H,21,22). The van der Waals surface area contributed by atoms with Crippen LogP contribution < -0.4 is 4.90 Å². The largest absolute Gasteiger partial charge is 0.353 e. The number of hydrogen-bond donors (Lipinski definition) is 1. The highest BCUT2D eigenvalue weighted by atomic mass is 15.3. The summed E-state index contributed by atoms with van der Waals surface area (Å²) in [7, 11) is 2.17. The Bertz CT molecular complexity index is 1080. The number of anilines is 1. The molecule has 0 amide bonds. The van der Waals surface area contributed by atoms with Gasteiger partial charge in [0.15, 0.2) is 0 Å². The van der Waals surface area contributed by atoms with Crippen LogP contribution in [0.2, 0.25) is 0 Å². The molecule has 6 nitrogen and oxygen atoms in total. The van der Waals surface area contributed by atoms with E-state index in [-0.39, 0.29) is 0 Å². The van der Waals surface area contributed by atoms with Crippen LogP contribution in [0.3, 0.4) is 0 Å². The molecular formula is C20H20N6. The van der Waals surface area contributed by atoms with Crippen molar-refractivity contribution < 1.29 is 0 Å². The Balaban J connectivity index is 1.64. The molecular weight excluding hydrogens is 324 g/mol. The van der Waals surface area contributed by atoms with E-state index in [0.717, 1.165) is 65.1 Å². The van der Waals surface area contributed by atoms with Crippen LogP contribution in [0.4, 0.5) is 5.82 Å². The fraction of sp³-hybridized carbons (Fsp3) is 0.250. The molecule has 0 aliphatic carbocycles. The molecule has 0 atom stereocenters. The molecule has 1 aliphatic heterocycles. The van der Waals surface area contributed by atoms with Crippen LogP contribution >= 0.6 is 0 Å². The Morgan fingerprint density at radius 1 is 0.962 bits per heavy atom. The maximum Gasteiger partial charge on any atom is 0.139 e. The molecule has 0 unspecified atom stereocenters. The predicted octanol–water partition coefficient (Wildman–Crippen LogP) is 2.92. The van der Waals surface area contributed by atoms with E-state index in [9.17, 15) is 0 Å². The number of aromatic nitrogens is 4. The third-order valence-corrected chi connectivity index (χ3v) is 5.18. The molecule has 4 heterocycles. The summed E-state index contributed by atoms with van der Waals surface area (Å²) in [5, 5.41) is 2.23. The number of aromatic amines is 1. The average Bonchev–Trinajstić information content (AvgIpc) is 3.12. The van der Waals surface area contributed by atoms with E-state index < -0.39 is 0 Å². The number of piperazine rings is 1. The summed E-state index contributed by atoms with van der Waals surface area (Å²) in [4.78, 5) is 21.5. The van der Waals surface area contributed by atoms with Crippen molar-refractivity contribution >= 4 is 27.8 Å². The molecule has 1 saturated heterocycles. The summed E-state index contributed by atoms with van der Waals surface area (Å²) < 4.78 is 0. The molecule has 130 valence electrons. The number of benzene rings is 1. The lowest BCUT2D eigenvalue weighted by atomic mass is 10.0. The predicted molar refractivity (Wildman–Crippen MR) is 104 cm³/mol. The van der Waals surface area contributed by atoms with Crippen LogP contribution in [0.5, 0.6) is 0 Å². The molecule has 26 heavy (non-hydrogen) atoms. The average molecular weight is 344 g/mol. The first-order valence-corrected chi connectivity index (χ1v) is 8.90. The fourth-order valence-electron chi connectivity index (χ4n) is 3.68. The lowest BCUT2D eigenvalue weighted by Crippen LogP contribution is -2.44. The SMILES string of the molecule is CN1CCN(c2ncnc3ccc(-c4c[nH]c5ncccc45)cc23)CC1. The third kappa shape index (κ3) is 2.50. The van der Waals surface area contributed by atoms with E-state index in [1.807, 2.05) is 18.5 Å². The van der Waals surface area contributed by atoms with Crippen molar-refractivity contribution in [3.8, 4) is 11.1 Å². The first-order valence-electron chi connectivity index (χ1n) is 8.90. The normalized spacial score (nSPS) is 15.8. The van der Waals surface area contributed by atoms with E-state index in [0.29, 0.717) is 0 Å². The van der Waals surface area contributed by atoms with Crippen LogP contribution in [0.1, 0.15) is 0 Å². The van der Waals surface area contributed by atoms with Gasteiger partial charge in [0.2, 0.25) is 0 Å². The number of nitrogens with one attached hydrogen (secondary N) is 1. The van der Waals surface area contributed by atoms with Gasteiger partial charge in [0.25, 0.3) is 0 Å². The summed E-state index contributed by atoms with van der Waals surface area (Å²) in [6.45, 7) is 4.09. The lowest BCUT2D eigenvalue weighted by molar-refractivity contribution is 0.312. The molecule has 6 heteroatoms. The van der Waals surface area contributed by atoms with E-state index in [1.54, 1.807) is 6.33 Å². The minimum atomic E-state index is 0.909. The number of rotatable bonds is 2. The molecule has 0 radical (unpaired) electrons. The van der Waals surface area contributed by atoms with Crippen LogP contribution in [-0.2, 0) is 0 Å². The highest BCUT2D eigenvalue weighted by Gasteiger charge is 2.18. The summed E-state index contributed by atoms with van der Waals surface area (Å²) >= 11 is 0. The Kier molecular flexibility index (Phi) is 3.57. The van der Waals surface area contributed by atoms with Crippen molar-refractivity contribution in [2.24, 2.45) is 0 Å². The number of pyridine rings is 1. The second-order valence-electron chi connectivity index (χ2n) is 6.82. The van der Waals surface area contributed by atoms with Gasteiger partial charge in [-0.15, -0.1) is 0 Å².